The molecular formula is C16H23ClN4O2. The molecule has 2 saturated heterocycles. The number of rotatable bonds is 2. The topological polar surface area (TPSA) is 69.6 Å². The summed E-state index contributed by atoms with van der Waals surface area (Å²) in [5.74, 6) is 0.451. The monoisotopic (exact) mass is 338 g/mol. The third-order valence-electron chi connectivity index (χ3n) is 4.83. The fraction of sp³-hybridized carbons (Fsp3) is 0.688. The van der Waals surface area contributed by atoms with Crippen molar-refractivity contribution in [1.82, 2.24) is 19.8 Å². The number of aryl methyl sites for hydroxylation is 1. The second-order valence-corrected chi connectivity index (χ2v) is 6.81. The number of likely N-dealkylation sites (tertiary alicyclic amines) is 2. The van der Waals surface area contributed by atoms with E-state index in [1.807, 2.05) is 4.90 Å². The zero-order chi connectivity index (χ0) is 16.4. The number of amides is 1. The van der Waals surface area contributed by atoms with Crippen LogP contribution in [0.5, 0.6) is 0 Å². The van der Waals surface area contributed by atoms with Crippen LogP contribution in [0, 0.1) is 6.92 Å². The van der Waals surface area contributed by atoms with Gasteiger partial charge in [-0.2, -0.15) is 0 Å². The Morgan fingerprint density at radius 1 is 1.22 bits per heavy atom. The summed E-state index contributed by atoms with van der Waals surface area (Å²) in [6.07, 6.45) is 4.98. The number of halogens is 1. The summed E-state index contributed by atoms with van der Waals surface area (Å²) in [4.78, 5) is 25.1. The van der Waals surface area contributed by atoms with Crippen LogP contribution in [-0.4, -0.2) is 69.1 Å². The summed E-state index contributed by atoms with van der Waals surface area (Å²) in [6.45, 7) is 5.11. The first-order valence-corrected chi connectivity index (χ1v) is 8.63. The van der Waals surface area contributed by atoms with Gasteiger partial charge in [0, 0.05) is 32.2 Å². The molecular weight excluding hydrogens is 316 g/mol. The van der Waals surface area contributed by atoms with Gasteiger partial charge >= 0.3 is 0 Å². The van der Waals surface area contributed by atoms with Crippen LogP contribution in [0.1, 0.15) is 42.0 Å². The number of aliphatic hydroxyl groups is 1. The van der Waals surface area contributed by atoms with E-state index in [0.717, 1.165) is 51.9 Å². The number of carbonyl (C=O) groups is 1. The lowest BCUT2D eigenvalue weighted by molar-refractivity contribution is 0.0355. The molecule has 3 rings (SSSR count). The van der Waals surface area contributed by atoms with Crippen LogP contribution in [0.25, 0.3) is 0 Å². The van der Waals surface area contributed by atoms with Crippen molar-refractivity contribution in [3.63, 3.8) is 0 Å². The quantitative estimate of drug-likeness (QED) is 0.885. The van der Waals surface area contributed by atoms with Gasteiger partial charge in [0.15, 0.2) is 5.69 Å². The number of hydrogen-bond donors (Lipinski definition) is 1. The molecule has 1 N–H and O–H groups in total. The molecule has 1 aromatic heterocycles. The van der Waals surface area contributed by atoms with E-state index in [9.17, 15) is 9.90 Å². The molecule has 0 aromatic carbocycles. The molecule has 0 aliphatic carbocycles. The Morgan fingerprint density at radius 3 is 2.52 bits per heavy atom. The predicted octanol–water partition coefficient (Wildman–Crippen LogP) is 1.50. The summed E-state index contributed by atoms with van der Waals surface area (Å²) in [6, 6.07) is 0.508. The van der Waals surface area contributed by atoms with Crippen LogP contribution in [0.15, 0.2) is 6.20 Å². The van der Waals surface area contributed by atoms with E-state index < -0.39 is 0 Å². The van der Waals surface area contributed by atoms with Crippen molar-refractivity contribution in [1.29, 1.82) is 0 Å². The number of nitrogens with zero attached hydrogens (tertiary/aromatic N) is 4. The van der Waals surface area contributed by atoms with Crippen LogP contribution in [0.4, 0.5) is 0 Å². The van der Waals surface area contributed by atoms with Crippen LogP contribution in [-0.2, 0) is 0 Å². The molecule has 23 heavy (non-hydrogen) atoms. The summed E-state index contributed by atoms with van der Waals surface area (Å²) < 4.78 is 0. The van der Waals surface area contributed by atoms with E-state index in [4.69, 9.17) is 11.6 Å². The molecule has 7 heteroatoms. The number of aliphatic hydroxyl groups excluding tert-OH is 1. The molecule has 0 radical (unpaired) electrons. The van der Waals surface area contributed by atoms with Crippen LogP contribution >= 0.6 is 11.6 Å². The Hall–Kier alpha value is -1.24. The second-order valence-electron chi connectivity index (χ2n) is 6.40. The summed E-state index contributed by atoms with van der Waals surface area (Å²) in [7, 11) is 0. The highest BCUT2D eigenvalue weighted by atomic mass is 35.5. The molecule has 0 atom stereocenters. The van der Waals surface area contributed by atoms with Crippen LogP contribution in [0.2, 0.25) is 5.02 Å². The van der Waals surface area contributed by atoms with Gasteiger partial charge in [0.25, 0.3) is 5.91 Å². The summed E-state index contributed by atoms with van der Waals surface area (Å²) >= 11 is 6.07. The third kappa shape index (κ3) is 3.82. The Balaban J connectivity index is 1.58. The van der Waals surface area contributed by atoms with Gasteiger partial charge < -0.3 is 14.9 Å². The van der Waals surface area contributed by atoms with E-state index in [1.165, 1.54) is 6.20 Å². The maximum absolute atomic E-state index is 12.6. The first-order valence-electron chi connectivity index (χ1n) is 8.25. The van der Waals surface area contributed by atoms with Crippen LogP contribution in [0.3, 0.4) is 0 Å². The van der Waals surface area contributed by atoms with Gasteiger partial charge in [-0.25, -0.2) is 9.97 Å². The Labute approximate surface area is 141 Å². The highest BCUT2D eigenvalue weighted by Gasteiger charge is 2.30. The minimum Gasteiger partial charge on any atom is -0.393 e. The number of carbonyl (C=O) groups excluding carboxylic acids is 1. The standard InChI is InChI=1S/C16H23ClN4O2/c1-11-18-10-14(17)15(19-11)16(23)21-6-2-12(3-7-21)20-8-4-13(22)5-9-20/h10,12-13,22H,2-9H2,1H3. The van der Waals surface area contributed by atoms with E-state index in [-0.39, 0.29) is 12.0 Å². The lowest BCUT2D eigenvalue weighted by atomic mass is 9.99. The first-order chi connectivity index (χ1) is 11.0. The Kier molecular flexibility index (Phi) is 5.14. The van der Waals surface area contributed by atoms with Gasteiger partial charge in [-0.1, -0.05) is 11.6 Å². The molecule has 1 amide bonds. The van der Waals surface area contributed by atoms with Gasteiger partial charge in [0.2, 0.25) is 0 Å². The maximum atomic E-state index is 12.6. The average Bonchev–Trinajstić information content (AvgIpc) is 2.57. The van der Waals surface area contributed by atoms with Crippen molar-refractivity contribution in [2.75, 3.05) is 26.2 Å². The van der Waals surface area contributed by atoms with E-state index in [0.29, 0.717) is 22.6 Å². The van der Waals surface area contributed by atoms with E-state index in [1.54, 1.807) is 6.92 Å². The summed E-state index contributed by atoms with van der Waals surface area (Å²) in [5.41, 5.74) is 0.304. The lowest BCUT2D eigenvalue weighted by Crippen LogP contribution is -2.49. The minimum absolute atomic E-state index is 0.104. The fourth-order valence-corrected chi connectivity index (χ4v) is 3.61. The van der Waals surface area contributed by atoms with Crippen molar-refractivity contribution < 1.29 is 9.90 Å². The molecule has 6 nitrogen and oxygen atoms in total. The average molecular weight is 339 g/mol. The third-order valence-corrected chi connectivity index (χ3v) is 5.11. The smallest absolute Gasteiger partial charge is 0.274 e. The molecule has 126 valence electrons. The molecule has 2 fully saturated rings. The van der Waals surface area contributed by atoms with E-state index >= 15 is 0 Å². The first kappa shape index (κ1) is 16.6. The van der Waals surface area contributed by atoms with Crippen molar-refractivity contribution in [2.45, 2.75) is 44.8 Å². The van der Waals surface area contributed by atoms with Gasteiger partial charge in [0.05, 0.1) is 17.3 Å². The number of hydrogen-bond acceptors (Lipinski definition) is 5. The summed E-state index contributed by atoms with van der Waals surface area (Å²) in [5, 5.41) is 9.92. The lowest BCUT2D eigenvalue weighted by Gasteiger charge is -2.41. The van der Waals surface area contributed by atoms with Crippen molar-refractivity contribution in [3.05, 3.63) is 22.7 Å². The van der Waals surface area contributed by atoms with Crippen molar-refractivity contribution >= 4 is 17.5 Å². The minimum atomic E-state index is -0.143. The molecule has 2 aliphatic rings. The Morgan fingerprint density at radius 2 is 1.87 bits per heavy atom. The SMILES string of the molecule is Cc1ncc(Cl)c(C(=O)N2CCC(N3CCC(O)CC3)CC2)n1. The highest BCUT2D eigenvalue weighted by Crippen LogP contribution is 2.23. The van der Waals surface area contributed by atoms with Gasteiger partial charge in [0.1, 0.15) is 5.82 Å². The molecule has 1 aromatic rings. The molecule has 0 unspecified atom stereocenters. The fourth-order valence-electron chi connectivity index (χ4n) is 3.44. The molecule has 3 heterocycles. The van der Waals surface area contributed by atoms with Gasteiger partial charge in [-0.05, 0) is 32.6 Å². The Bertz CT molecular complexity index is 567. The van der Waals surface area contributed by atoms with Crippen molar-refractivity contribution in [2.24, 2.45) is 0 Å². The van der Waals surface area contributed by atoms with E-state index in [2.05, 4.69) is 14.9 Å². The number of piperidine rings is 2. The molecule has 2 aliphatic heterocycles. The van der Waals surface area contributed by atoms with Crippen molar-refractivity contribution in [3.8, 4) is 0 Å². The predicted molar refractivity (Wildman–Crippen MR) is 87.5 cm³/mol. The van der Waals surface area contributed by atoms with Gasteiger partial charge in [-0.15, -0.1) is 0 Å². The molecule has 0 saturated carbocycles. The molecule has 0 bridgehead atoms. The van der Waals surface area contributed by atoms with Gasteiger partial charge in [-0.3, -0.25) is 4.79 Å². The van der Waals surface area contributed by atoms with Crippen LogP contribution < -0.4 is 0 Å². The molecule has 0 spiro atoms. The number of aromatic nitrogens is 2. The zero-order valence-corrected chi connectivity index (χ0v) is 14.2. The second kappa shape index (κ2) is 7.11. The zero-order valence-electron chi connectivity index (χ0n) is 13.4. The maximum Gasteiger partial charge on any atom is 0.274 e. The largest absolute Gasteiger partial charge is 0.393 e. The normalized spacial score (nSPS) is 21.6. The highest BCUT2D eigenvalue weighted by molar-refractivity contribution is 6.33.